The first-order chi connectivity index (χ1) is 38.2. The van der Waals surface area contributed by atoms with Crippen molar-refractivity contribution < 1.29 is 38.4 Å². The average Bonchev–Trinajstić information content (AvgIpc) is 4.35. The van der Waals surface area contributed by atoms with Gasteiger partial charge in [-0.15, -0.1) is 0 Å². The minimum atomic E-state index is -1.30. The van der Waals surface area contributed by atoms with E-state index in [1.807, 2.05) is 54.6 Å². The van der Waals surface area contributed by atoms with E-state index in [0.717, 1.165) is 40.4 Å². The monoisotopic (exact) mass is 1100 g/mol. The van der Waals surface area contributed by atoms with E-state index in [9.17, 15) is 38.4 Å². The molecule has 2 saturated heterocycles. The molecule has 23 heteroatoms. The van der Waals surface area contributed by atoms with Crippen LogP contribution in [-0.4, -0.2) is 142 Å². The fourth-order valence-electron chi connectivity index (χ4n) is 10.3. The van der Waals surface area contributed by atoms with Crippen molar-refractivity contribution in [2.75, 3.05) is 25.5 Å². The highest BCUT2D eigenvalue weighted by Gasteiger charge is 2.42. The molecular formula is C56H72N14O8S. The number of para-hydroxylation sites is 2. The number of aromatic amines is 2. The summed E-state index contributed by atoms with van der Waals surface area (Å²) in [6.07, 6.45) is 7.23. The minimum Gasteiger partial charge on any atom is -0.368 e. The van der Waals surface area contributed by atoms with Crippen LogP contribution in [0.2, 0.25) is 0 Å². The fourth-order valence-corrected chi connectivity index (χ4v) is 11.9. The van der Waals surface area contributed by atoms with Gasteiger partial charge in [0.15, 0.2) is 0 Å². The first-order valence-electron chi connectivity index (χ1n) is 27.1. The summed E-state index contributed by atoms with van der Waals surface area (Å²) in [5.41, 5.74) is 15.8. The number of primary amides is 1. The zero-order valence-corrected chi connectivity index (χ0v) is 45.1. The molecule has 8 rings (SSSR count). The molecule has 3 aliphatic heterocycles. The normalized spacial score (nSPS) is 18.9. The molecule has 9 atom stereocenters. The van der Waals surface area contributed by atoms with Crippen LogP contribution in [0.1, 0.15) is 75.0 Å². The van der Waals surface area contributed by atoms with Crippen molar-refractivity contribution in [3.8, 4) is 0 Å². The van der Waals surface area contributed by atoms with Crippen molar-refractivity contribution in [3.05, 3.63) is 108 Å². The van der Waals surface area contributed by atoms with Gasteiger partial charge < -0.3 is 64.0 Å². The molecular weight excluding hydrogens is 1030 g/mol. The fraction of sp³-hybridized carbons (Fsp3) is 0.446. The van der Waals surface area contributed by atoms with Gasteiger partial charge in [0.2, 0.25) is 41.4 Å². The van der Waals surface area contributed by atoms with E-state index < -0.39 is 71.7 Å². The molecule has 22 nitrogen and oxygen atoms in total. The second-order valence-electron chi connectivity index (χ2n) is 20.5. The van der Waals surface area contributed by atoms with Crippen LogP contribution < -0.4 is 59.3 Å². The van der Waals surface area contributed by atoms with Gasteiger partial charge >= 0.3 is 6.03 Å². The van der Waals surface area contributed by atoms with Gasteiger partial charge in [-0.25, -0.2) is 4.79 Å². The Morgan fingerprint density at radius 1 is 0.646 bits per heavy atom. The first-order valence-corrected chi connectivity index (χ1v) is 28.1. The number of carbonyl (C=O) groups is 8. The van der Waals surface area contributed by atoms with Crippen LogP contribution in [0.15, 0.2) is 96.2 Å². The summed E-state index contributed by atoms with van der Waals surface area (Å²) in [4.78, 5) is 121. The average molecular weight is 1100 g/mol. The highest BCUT2D eigenvalue weighted by molar-refractivity contribution is 8.00. The molecule has 79 heavy (non-hydrogen) atoms. The molecule has 0 saturated carbocycles. The number of thioether (sulfide) groups is 1. The smallest absolute Gasteiger partial charge is 0.315 e. The molecule has 9 amide bonds. The summed E-state index contributed by atoms with van der Waals surface area (Å²) in [6, 6.07) is 16.8. The lowest BCUT2D eigenvalue weighted by Gasteiger charge is -2.27. The standard InChI is InChI=1S/C56H72N14O8S/c1-32(51(73)66-44(25-35-28-61-40-18-8-6-16-38(35)40)54(76)67-42(23-33-13-3-2-4-14-33)53(75)65-41(50(58)72)19-11-12-22-57)63-52(74)43(24-34-27-60-39-17-7-5-15-37(34)39)68-55(77)45(26-36-29-59-31-62-36)64-48(71)21-10-9-20-47-49-46(30-79-47)69-56(78)70-49/h2-8,13-18,27-28,32,41-47,49,59-61H,9-12,19-26,29-31,57H2,1H3,(H2,58,72)(H,63,74)(H,64,71)(H,65,75)(H,66,73)(H,67,76)(H,68,77)(H2,69,70,78)/t32?,41?,42?,43?,44?,45?,46-,47-,49-/m0/s1. The van der Waals surface area contributed by atoms with Gasteiger partial charge in [-0.1, -0.05) is 73.2 Å². The number of amides is 9. The number of aliphatic imine (C=N–C) groups is 1. The number of hydrogen-bond acceptors (Lipinski definition) is 12. The molecule has 5 aromatic rings. The van der Waals surface area contributed by atoms with Crippen molar-refractivity contribution in [1.29, 1.82) is 0 Å². The van der Waals surface area contributed by atoms with Crippen LogP contribution in [0, 0.1) is 0 Å². The number of hydrogen-bond donors (Lipinski definition) is 13. The molecule has 6 unspecified atom stereocenters. The maximum absolute atomic E-state index is 14.7. The second-order valence-corrected chi connectivity index (χ2v) is 21.8. The number of urea groups is 1. The van der Waals surface area contributed by atoms with Crippen molar-refractivity contribution >= 4 is 86.7 Å². The van der Waals surface area contributed by atoms with Gasteiger partial charge in [-0.05, 0) is 74.4 Å². The predicted octanol–water partition coefficient (Wildman–Crippen LogP) is 1.34. The van der Waals surface area contributed by atoms with Gasteiger partial charge in [0, 0.05) is 89.6 Å². The summed E-state index contributed by atoms with van der Waals surface area (Å²) >= 11 is 1.80. The Hall–Kier alpha value is -7.76. The SMILES string of the molecule is CC(NC(=O)C(Cc1c[nH]c2ccccc12)NC(=O)C(CC1=NCNC1)NC(=O)CCCC[C@@H]1SC[C@@H]2NC(=O)N[C@@H]21)C(=O)NC(Cc1c[nH]c2ccccc12)C(=O)NC(Cc1ccccc1)C(=O)NC(CCCCN)C(N)=O. The quantitative estimate of drug-likeness (QED) is 0.0239. The number of nitrogens with two attached hydrogens (primary N) is 2. The van der Waals surface area contributed by atoms with Crippen LogP contribution in [-0.2, 0) is 52.8 Å². The van der Waals surface area contributed by atoms with Crippen LogP contribution in [0.5, 0.6) is 0 Å². The number of nitrogens with zero attached hydrogens (tertiary/aromatic N) is 1. The molecule has 2 fully saturated rings. The van der Waals surface area contributed by atoms with Gasteiger partial charge in [-0.3, -0.25) is 43.9 Å². The zero-order valence-electron chi connectivity index (χ0n) is 44.2. The molecule has 2 aromatic heterocycles. The summed E-state index contributed by atoms with van der Waals surface area (Å²) in [6.45, 7) is 2.63. The lowest BCUT2D eigenvalue weighted by molar-refractivity contribution is -0.135. The number of H-pyrrole nitrogens is 2. The maximum Gasteiger partial charge on any atom is 0.315 e. The van der Waals surface area contributed by atoms with E-state index in [2.05, 4.69) is 62.8 Å². The number of nitrogens with one attached hydrogen (secondary N) is 11. The van der Waals surface area contributed by atoms with Gasteiger partial charge in [0.05, 0.1) is 18.8 Å². The van der Waals surface area contributed by atoms with Gasteiger partial charge in [-0.2, -0.15) is 11.8 Å². The molecule has 0 spiro atoms. The van der Waals surface area contributed by atoms with Crippen molar-refractivity contribution in [1.82, 2.24) is 57.8 Å². The van der Waals surface area contributed by atoms with E-state index in [-0.39, 0.29) is 67.8 Å². The number of carbonyl (C=O) groups excluding carboxylic acids is 8. The third-order valence-electron chi connectivity index (χ3n) is 14.7. The Bertz CT molecular complexity index is 3000. The first kappa shape index (κ1) is 57.4. The van der Waals surface area contributed by atoms with Gasteiger partial charge in [0.1, 0.15) is 36.3 Å². The van der Waals surface area contributed by atoms with Crippen LogP contribution in [0.4, 0.5) is 4.79 Å². The highest BCUT2D eigenvalue weighted by atomic mass is 32.2. The number of aromatic nitrogens is 2. The number of rotatable bonds is 29. The Kier molecular flexibility index (Phi) is 20.1. The Morgan fingerprint density at radius 2 is 1.22 bits per heavy atom. The third-order valence-corrected chi connectivity index (χ3v) is 16.2. The summed E-state index contributed by atoms with van der Waals surface area (Å²) in [5, 5.41) is 27.9. The van der Waals surface area contributed by atoms with E-state index >= 15 is 0 Å². The van der Waals surface area contributed by atoms with Crippen molar-refractivity contribution in [2.45, 2.75) is 131 Å². The van der Waals surface area contributed by atoms with Crippen molar-refractivity contribution in [3.63, 3.8) is 0 Å². The van der Waals surface area contributed by atoms with E-state index in [0.29, 0.717) is 61.4 Å². The number of unbranched alkanes of at least 4 members (excludes halogenated alkanes) is 2. The lowest BCUT2D eigenvalue weighted by Crippen LogP contribution is -2.60. The molecule has 3 aliphatic rings. The molecule has 0 radical (unpaired) electrons. The number of benzene rings is 3. The molecule has 5 heterocycles. The van der Waals surface area contributed by atoms with E-state index in [1.54, 1.807) is 48.4 Å². The summed E-state index contributed by atoms with van der Waals surface area (Å²) in [5.74, 6) is -3.69. The molecule has 420 valence electrons. The van der Waals surface area contributed by atoms with E-state index in [1.165, 1.54) is 6.92 Å². The largest absolute Gasteiger partial charge is 0.368 e. The zero-order chi connectivity index (χ0) is 55.8. The summed E-state index contributed by atoms with van der Waals surface area (Å²) < 4.78 is 0. The van der Waals surface area contributed by atoms with Crippen LogP contribution >= 0.6 is 11.8 Å². The third kappa shape index (κ3) is 15.7. The number of fused-ring (bicyclic) bond motifs is 3. The van der Waals surface area contributed by atoms with Crippen molar-refractivity contribution in [2.24, 2.45) is 16.5 Å². The molecule has 3 aromatic carbocycles. The Labute approximate surface area is 462 Å². The van der Waals surface area contributed by atoms with Crippen LogP contribution in [0.25, 0.3) is 21.8 Å². The van der Waals surface area contributed by atoms with Crippen LogP contribution in [0.3, 0.4) is 0 Å². The molecule has 15 N–H and O–H groups in total. The molecule has 0 aliphatic carbocycles. The topological polar surface area (TPSA) is 341 Å². The lowest BCUT2D eigenvalue weighted by atomic mass is 10.0. The highest BCUT2D eigenvalue weighted by Crippen LogP contribution is 2.33. The second kappa shape index (κ2) is 27.7. The van der Waals surface area contributed by atoms with E-state index in [4.69, 9.17) is 11.5 Å². The molecule has 0 bridgehead atoms. The summed E-state index contributed by atoms with van der Waals surface area (Å²) in [7, 11) is 0. The Balaban J connectivity index is 0.979. The Morgan fingerprint density at radius 3 is 1.82 bits per heavy atom. The predicted molar refractivity (Wildman–Crippen MR) is 302 cm³/mol. The van der Waals surface area contributed by atoms with Gasteiger partial charge in [0.25, 0.3) is 0 Å². The minimum absolute atomic E-state index is 0.00378. The maximum atomic E-state index is 14.7.